The Morgan fingerprint density at radius 1 is 1.38 bits per heavy atom. The van der Waals surface area contributed by atoms with Gasteiger partial charge < -0.3 is 4.74 Å². The maximum Gasteiger partial charge on any atom is 0.170 e. The Balaban J connectivity index is 2.08. The number of hydrogen-bond acceptors (Lipinski definition) is 2. The molecule has 0 atom stereocenters. The molecule has 0 aromatic heterocycles. The number of ketones is 1. The molecule has 0 unspecified atom stereocenters. The van der Waals surface area contributed by atoms with Crippen molar-refractivity contribution in [3.05, 3.63) is 27.7 Å². The van der Waals surface area contributed by atoms with Crippen LogP contribution in [0.15, 0.2) is 16.6 Å². The van der Waals surface area contributed by atoms with Crippen LogP contribution in [0.25, 0.3) is 0 Å². The van der Waals surface area contributed by atoms with E-state index in [1.54, 1.807) is 0 Å². The first-order valence-corrected chi connectivity index (χ1v) is 6.41. The standard InChI is InChI=1S/C13H13BrO2/c1-8-5-12-9(6-10(8)14)11(15)7-13(16-12)3-2-4-13/h5-6H,2-4,7H2,1H3. The predicted molar refractivity (Wildman–Crippen MR) is 65.0 cm³/mol. The van der Waals surface area contributed by atoms with Gasteiger partial charge in [0.05, 0.1) is 12.0 Å². The summed E-state index contributed by atoms with van der Waals surface area (Å²) in [7, 11) is 0. The van der Waals surface area contributed by atoms with E-state index in [1.165, 1.54) is 6.42 Å². The molecule has 1 aromatic rings. The molecule has 3 heteroatoms. The van der Waals surface area contributed by atoms with E-state index in [-0.39, 0.29) is 11.4 Å². The third kappa shape index (κ3) is 1.41. The summed E-state index contributed by atoms with van der Waals surface area (Å²) >= 11 is 3.45. The zero-order valence-electron chi connectivity index (χ0n) is 9.18. The Morgan fingerprint density at radius 2 is 2.12 bits per heavy atom. The van der Waals surface area contributed by atoms with E-state index in [4.69, 9.17) is 4.74 Å². The average molecular weight is 281 g/mol. The normalized spacial score (nSPS) is 21.2. The molecule has 1 aliphatic carbocycles. The predicted octanol–water partition coefficient (Wildman–Crippen LogP) is 3.65. The van der Waals surface area contributed by atoms with Gasteiger partial charge in [0, 0.05) is 4.47 Å². The highest BCUT2D eigenvalue weighted by atomic mass is 79.9. The van der Waals surface area contributed by atoms with Crippen LogP contribution in [-0.4, -0.2) is 11.4 Å². The van der Waals surface area contributed by atoms with Crippen LogP contribution in [0.5, 0.6) is 5.75 Å². The van der Waals surface area contributed by atoms with E-state index in [9.17, 15) is 4.79 Å². The lowest BCUT2D eigenvalue weighted by Gasteiger charge is -2.44. The second kappa shape index (κ2) is 3.33. The smallest absolute Gasteiger partial charge is 0.170 e. The van der Waals surface area contributed by atoms with E-state index >= 15 is 0 Å². The molecule has 0 bridgehead atoms. The van der Waals surface area contributed by atoms with Gasteiger partial charge in [0.25, 0.3) is 0 Å². The van der Waals surface area contributed by atoms with Gasteiger partial charge in [-0.2, -0.15) is 0 Å². The van der Waals surface area contributed by atoms with Crippen LogP contribution < -0.4 is 4.74 Å². The van der Waals surface area contributed by atoms with Crippen molar-refractivity contribution >= 4 is 21.7 Å². The van der Waals surface area contributed by atoms with Crippen molar-refractivity contribution in [2.24, 2.45) is 0 Å². The molecular weight excluding hydrogens is 268 g/mol. The van der Waals surface area contributed by atoms with Crippen molar-refractivity contribution in [2.45, 2.75) is 38.2 Å². The molecule has 2 aliphatic rings. The Bertz CT molecular complexity index is 475. The Morgan fingerprint density at radius 3 is 2.75 bits per heavy atom. The molecular formula is C13H13BrO2. The first-order chi connectivity index (χ1) is 7.60. The first-order valence-electron chi connectivity index (χ1n) is 5.62. The first kappa shape index (κ1) is 10.3. The van der Waals surface area contributed by atoms with Crippen LogP contribution in [-0.2, 0) is 0 Å². The quantitative estimate of drug-likeness (QED) is 0.725. The summed E-state index contributed by atoms with van der Waals surface area (Å²) in [5.74, 6) is 0.998. The van der Waals surface area contributed by atoms with Crippen molar-refractivity contribution in [3.8, 4) is 5.75 Å². The highest BCUT2D eigenvalue weighted by Gasteiger charge is 2.45. The lowest BCUT2D eigenvalue weighted by molar-refractivity contribution is -0.0177. The van der Waals surface area contributed by atoms with Crippen LogP contribution in [0.3, 0.4) is 0 Å². The molecule has 1 saturated carbocycles. The number of carbonyl (C=O) groups excluding carboxylic acids is 1. The molecule has 1 fully saturated rings. The summed E-state index contributed by atoms with van der Waals surface area (Å²) in [5, 5.41) is 0. The van der Waals surface area contributed by atoms with Crippen molar-refractivity contribution in [1.29, 1.82) is 0 Å². The maximum absolute atomic E-state index is 12.1. The molecule has 1 aliphatic heterocycles. The lowest BCUT2D eigenvalue weighted by atomic mass is 9.74. The van der Waals surface area contributed by atoms with Crippen molar-refractivity contribution in [3.63, 3.8) is 0 Å². The fourth-order valence-corrected chi connectivity index (χ4v) is 2.81. The summed E-state index contributed by atoms with van der Waals surface area (Å²) in [6, 6.07) is 3.86. The number of rotatable bonds is 0. The molecule has 1 heterocycles. The highest BCUT2D eigenvalue weighted by Crippen LogP contribution is 2.45. The van der Waals surface area contributed by atoms with Gasteiger partial charge in [-0.25, -0.2) is 0 Å². The number of fused-ring (bicyclic) bond motifs is 1. The van der Waals surface area contributed by atoms with Gasteiger partial charge in [0.15, 0.2) is 5.78 Å². The molecule has 3 rings (SSSR count). The summed E-state index contributed by atoms with van der Waals surface area (Å²) in [4.78, 5) is 12.1. The van der Waals surface area contributed by atoms with Gasteiger partial charge in [-0.3, -0.25) is 4.79 Å². The van der Waals surface area contributed by atoms with E-state index in [2.05, 4.69) is 15.9 Å². The van der Waals surface area contributed by atoms with Crippen LogP contribution in [0, 0.1) is 6.92 Å². The van der Waals surface area contributed by atoms with Crippen molar-refractivity contribution in [1.82, 2.24) is 0 Å². The Kier molecular flexibility index (Phi) is 2.15. The molecule has 1 aromatic carbocycles. The van der Waals surface area contributed by atoms with E-state index in [0.717, 1.165) is 34.2 Å². The number of halogens is 1. The second-order valence-corrected chi connectivity index (χ2v) is 5.69. The summed E-state index contributed by atoms with van der Waals surface area (Å²) in [6.07, 6.45) is 3.77. The van der Waals surface area contributed by atoms with Gasteiger partial charge >= 0.3 is 0 Å². The van der Waals surface area contributed by atoms with Gasteiger partial charge in [0.1, 0.15) is 11.4 Å². The topological polar surface area (TPSA) is 26.3 Å². The van der Waals surface area contributed by atoms with Crippen molar-refractivity contribution in [2.75, 3.05) is 0 Å². The minimum absolute atomic E-state index is 0.162. The van der Waals surface area contributed by atoms with Gasteiger partial charge in [0.2, 0.25) is 0 Å². The van der Waals surface area contributed by atoms with Gasteiger partial charge in [-0.15, -0.1) is 0 Å². The number of aryl methyl sites for hydroxylation is 1. The summed E-state index contributed by atoms with van der Waals surface area (Å²) < 4.78 is 7.00. The number of hydrogen-bond donors (Lipinski definition) is 0. The second-order valence-electron chi connectivity index (χ2n) is 4.84. The van der Waals surface area contributed by atoms with Gasteiger partial charge in [-0.1, -0.05) is 15.9 Å². The summed E-state index contributed by atoms with van der Waals surface area (Å²) in [6.45, 7) is 2.01. The minimum atomic E-state index is -0.162. The largest absolute Gasteiger partial charge is 0.486 e. The van der Waals surface area contributed by atoms with Gasteiger partial charge in [-0.05, 0) is 43.9 Å². The average Bonchev–Trinajstić information content (AvgIpc) is 2.18. The molecule has 84 valence electrons. The zero-order chi connectivity index (χ0) is 11.3. The molecule has 0 radical (unpaired) electrons. The monoisotopic (exact) mass is 280 g/mol. The fourth-order valence-electron chi connectivity index (χ4n) is 2.46. The molecule has 0 saturated heterocycles. The van der Waals surface area contributed by atoms with Crippen LogP contribution in [0.2, 0.25) is 0 Å². The third-order valence-corrected chi connectivity index (χ3v) is 4.49. The number of ether oxygens (including phenoxy) is 1. The molecule has 1 spiro atoms. The van der Waals surface area contributed by atoms with Crippen LogP contribution >= 0.6 is 15.9 Å². The number of Topliss-reactive ketones (excluding diaryl/α,β-unsaturated/α-hetero) is 1. The fraction of sp³-hybridized carbons (Fsp3) is 0.462. The third-order valence-electron chi connectivity index (χ3n) is 3.64. The zero-order valence-corrected chi connectivity index (χ0v) is 10.8. The van der Waals surface area contributed by atoms with Crippen LogP contribution in [0.4, 0.5) is 0 Å². The van der Waals surface area contributed by atoms with Crippen LogP contribution in [0.1, 0.15) is 41.6 Å². The lowest BCUT2D eigenvalue weighted by Crippen LogP contribution is -2.47. The molecule has 2 nitrogen and oxygen atoms in total. The number of benzene rings is 1. The minimum Gasteiger partial charge on any atom is -0.486 e. The number of carbonyl (C=O) groups is 1. The molecule has 0 N–H and O–H groups in total. The van der Waals surface area contributed by atoms with Crippen molar-refractivity contribution < 1.29 is 9.53 Å². The Labute approximate surface area is 103 Å². The Hall–Kier alpha value is -0.830. The van der Waals surface area contributed by atoms with E-state index in [0.29, 0.717) is 6.42 Å². The van der Waals surface area contributed by atoms with E-state index in [1.807, 2.05) is 19.1 Å². The highest BCUT2D eigenvalue weighted by molar-refractivity contribution is 9.10. The molecule has 0 amide bonds. The maximum atomic E-state index is 12.1. The SMILES string of the molecule is Cc1cc2c(cc1Br)C(=O)CC1(CCC1)O2. The summed E-state index contributed by atoms with van der Waals surface area (Å²) in [5.41, 5.74) is 1.68. The molecule has 16 heavy (non-hydrogen) atoms. The van der Waals surface area contributed by atoms with E-state index < -0.39 is 0 Å².